The van der Waals surface area contributed by atoms with Crippen LogP contribution in [0.3, 0.4) is 0 Å². The van der Waals surface area contributed by atoms with Gasteiger partial charge in [0.25, 0.3) is 5.91 Å². The number of carbonyl (C=O) groups is 1. The van der Waals surface area contributed by atoms with Crippen LogP contribution in [0.25, 0.3) is 23.0 Å². The predicted octanol–water partition coefficient (Wildman–Crippen LogP) is 2.56. The number of hydrogen-bond acceptors (Lipinski definition) is 6. The second-order valence-electron chi connectivity index (χ2n) is 8.10. The third-order valence-electron chi connectivity index (χ3n) is 5.60. The second-order valence-corrected chi connectivity index (χ2v) is 10.3. The summed E-state index contributed by atoms with van der Waals surface area (Å²) in [6.07, 6.45) is 3.23. The van der Waals surface area contributed by atoms with Crippen molar-refractivity contribution in [1.82, 2.24) is 19.0 Å². The molecule has 1 aliphatic heterocycles. The zero-order valence-corrected chi connectivity index (χ0v) is 20.3. The molecule has 4 rings (SSSR count). The van der Waals surface area contributed by atoms with Gasteiger partial charge in [-0.2, -0.15) is 10.4 Å². The van der Waals surface area contributed by atoms with Crippen molar-refractivity contribution < 1.29 is 17.9 Å². The molecule has 1 fully saturated rings. The fourth-order valence-corrected chi connectivity index (χ4v) is 4.63. The molecule has 1 amide bonds. The van der Waals surface area contributed by atoms with E-state index in [1.165, 1.54) is 26.2 Å². The third-order valence-corrected chi connectivity index (χ3v) is 7.41. The van der Waals surface area contributed by atoms with Crippen LogP contribution in [0.4, 0.5) is 0 Å². The van der Waals surface area contributed by atoms with E-state index in [0.29, 0.717) is 43.1 Å². The van der Waals surface area contributed by atoms with E-state index in [1.807, 2.05) is 36.4 Å². The van der Waals surface area contributed by atoms with Gasteiger partial charge in [-0.15, -0.1) is 0 Å². The molecule has 1 saturated heterocycles. The number of ether oxygens (including phenoxy) is 1. The summed E-state index contributed by atoms with van der Waals surface area (Å²) in [7, 11) is -0.725. The highest BCUT2D eigenvalue weighted by Gasteiger charge is 2.23. The fourth-order valence-electron chi connectivity index (χ4n) is 3.68. The Morgan fingerprint density at radius 2 is 1.83 bits per heavy atom. The Hall–Kier alpha value is -3.78. The Balaban J connectivity index is 1.83. The quantitative estimate of drug-likeness (QED) is 0.387. The van der Waals surface area contributed by atoms with Crippen LogP contribution in [0, 0.1) is 11.3 Å². The van der Waals surface area contributed by atoms with Crippen molar-refractivity contribution in [3.8, 4) is 23.0 Å². The van der Waals surface area contributed by atoms with Gasteiger partial charge in [0, 0.05) is 44.5 Å². The van der Waals surface area contributed by atoms with Gasteiger partial charge in [0.05, 0.1) is 23.8 Å². The van der Waals surface area contributed by atoms with Crippen LogP contribution >= 0.6 is 0 Å². The number of rotatable bonds is 6. The molecule has 0 spiro atoms. The van der Waals surface area contributed by atoms with Crippen LogP contribution in [-0.4, -0.2) is 73.7 Å². The SMILES string of the molecule is CN(C)S(=O)(=O)c1cccc(-c2nn(-c3ccccc3)cc2/C=C(\C#N)C(=O)N2CCOCC2)c1. The highest BCUT2D eigenvalue weighted by Crippen LogP contribution is 2.28. The third kappa shape index (κ3) is 5.17. The van der Waals surface area contributed by atoms with Crippen LogP contribution < -0.4 is 0 Å². The average molecular weight is 492 g/mol. The maximum absolute atomic E-state index is 13.0. The lowest BCUT2D eigenvalue weighted by atomic mass is 10.1. The largest absolute Gasteiger partial charge is 0.378 e. The minimum atomic E-state index is -3.66. The number of benzene rings is 2. The van der Waals surface area contributed by atoms with Crippen LogP contribution in [-0.2, 0) is 19.6 Å². The van der Waals surface area contributed by atoms with Gasteiger partial charge < -0.3 is 9.64 Å². The van der Waals surface area contributed by atoms with E-state index >= 15 is 0 Å². The van der Waals surface area contributed by atoms with Gasteiger partial charge in [0.2, 0.25) is 10.0 Å². The smallest absolute Gasteiger partial charge is 0.264 e. The average Bonchev–Trinajstić information content (AvgIpc) is 3.32. The molecular formula is C25H25N5O4S. The van der Waals surface area contributed by atoms with Crippen molar-refractivity contribution in [2.45, 2.75) is 4.90 Å². The van der Waals surface area contributed by atoms with E-state index in [9.17, 15) is 18.5 Å². The number of morpholine rings is 1. The Morgan fingerprint density at radius 3 is 2.49 bits per heavy atom. The molecule has 0 N–H and O–H groups in total. The van der Waals surface area contributed by atoms with Gasteiger partial charge in [0.1, 0.15) is 17.3 Å². The van der Waals surface area contributed by atoms with E-state index in [0.717, 1.165) is 9.99 Å². The molecule has 9 nitrogen and oxygen atoms in total. The van der Waals surface area contributed by atoms with Gasteiger partial charge in [-0.25, -0.2) is 17.4 Å². The molecule has 1 aromatic heterocycles. The van der Waals surface area contributed by atoms with Gasteiger partial charge in [0.15, 0.2) is 0 Å². The lowest BCUT2D eigenvalue weighted by Gasteiger charge is -2.26. The monoisotopic (exact) mass is 491 g/mol. The predicted molar refractivity (Wildman–Crippen MR) is 131 cm³/mol. The molecule has 3 aromatic rings. The van der Waals surface area contributed by atoms with E-state index < -0.39 is 10.0 Å². The lowest BCUT2D eigenvalue weighted by molar-refractivity contribution is -0.130. The highest BCUT2D eigenvalue weighted by molar-refractivity contribution is 7.89. The summed E-state index contributed by atoms with van der Waals surface area (Å²) >= 11 is 0. The summed E-state index contributed by atoms with van der Waals surface area (Å²) in [5.41, 5.74) is 2.27. The molecule has 10 heteroatoms. The molecule has 0 aliphatic carbocycles. The standard InChI is InChI=1S/C25H25N5O4S/c1-28(2)35(32,33)23-10-6-7-19(16-23)24-21(18-30(27-24)22-8-4-3-5-9-22)15-20(17-26)25(31)29-11-13-34-14-12-29/h3-10,15-16,18H,11-14H2,1-2H3/b20-15+. The maximum Gasteiger partial charge on any atom is 0.264 e. The first-order valence-corrected chi connectivity index (χ1v) is 12.4. The molecule has 0 unspecified atom stereocenters. The summed E-state index contributed by atoms with van der Waals surface area (Å²) in [6.45, 7) is 1.68. The van der Waals surface area contributed by atoms with Crippen LogP contribution in [0.1, 0.15) is 5.56 Å². The molecule has 35 heavy (non-hydrogen) atoms. The molecule has 2 aromatic carbocycles. The normalized spacial score (nSPS) is 14.7. The number of para-hydroxylation sites is 1. The summed E-state index contributed by atoms with van der Waals surface area (Å²) in [5, 5.41) is 14.5. The van der Waals surface area contributed by atoms with Gasteiger partial charge >= 0.3 is 0 Å². The minimum Gasteiger partial charge on any atom is -0.378 e. The molecule has 0 atom stereocenters. The molecule has 180 valence electrons. The van der Waals surface area contributed by atoms with Gasteiger partial charge in [-0.3, -0.25) is 4.79 Å². The maximum atomic E-state index is 13.0. The van der Waals surface area contributed by atoms with Crippen molar-refractivity contribution in [2.75, 3.05) is 40.4 Å². The van der Waals surface area contributed by atoms with E-state index in [2.05, 4.69) is 5.10 Å². The summed E-state index contributed by atoms with van der Waals surface area (Å²) in [5.74, 6) is -0.377. The number of amides is 1. The number of nitrogens with zero attached hydrogens (tertiary/aromatic N) is 5. The van der Waals surface area contributed by atoms with E-state index in [-0.39, 0.29) is 16.4 Å². The van der Waals surface area contributed by atoms with Crippen LogP contribution in [0.5, 0.6) is 0 Å². The van der Waals surface area contributed by atoms with E-state index in [4.69, 9.17) is 4.74 Å². The molecule has 2 heterocycles. The number of aromatic nitrogens is 2. The number of carbonyl (C=O) groups excluding carboxylic acids is 1. The van der Waals surface area contributed by atoms with Crippen molar-refractivity contribution in [3.05, 3.63) is 71.9 Å². The summed E-state index contributed by atoms with van der Waals surface area (Å²) < 4.78 is 33.5. The first-order chi connectivity index (χ1) is 16.8. The van der Waals surface area contributed by atoms with Crippen LogP contribution in [0.15, 0.2) is 71.3 Å². The Labute approximate surface area is 204 Å². The molecule has 0 bridgehead atoms. The Morgan fingerprint density at radius 1 is 1.11 bits per heavy atom. The first-order valence-electron chi connectivity index (χ1n) is 11.0. The summed E-state index contributed by atoms with van der Waals surface area (Å²) in [6, 6.07) is 17.9. The van der Waals surface area contributed by atoms with Crippen molar-refractivity contribution in [1.29, 1.82) is 5.26 Å². The molecular weight excluding hydrogens is 466 g/mol. The minimum absolute atomic E-state index is 0.0298. The Bertz CT molecular complexity index is 1400. The fraction of sp³-hybridized carbons (Fsp3) is 0.240. The van der Waals surface area contributed by atoms with Crippen molar-refractivity contribution in [3.63, 3.8) is 0 Å². The van der Waals surface area contributed by atoms with Crippen LogP contribution in [0.2, 0.25) is 0 Å². The zero-order valence-electron chi connectivity index (χ0n) is 19.5. The van der Waals surface area contributed by atoms with E-state index in [1.54, 1.807) is 34.0 Å². The van der Waals surface area contributed by atoms with Gasteiger partial charge in [-0.05, 0) is 30.3 Å². The first kappa shape index (κ1) is 24.3. The zero-order chi connectivity index (χ0) is 25.0. The molecule has 0 radical (unpaired) electrons. The van der Waals surface area contributed by atoms with Crippen molar-refractivity contribution in [2.24, 2.45) is 0 Å². The molecule has 1 aliphatic rings. The molecule has 0 saturated carbocycles. The number of nitriles is 1. The number of hydrogen-bond donors (Lipinski definition) is 0. The number of sulfonamides is 1. The second kappa shape index (κ2) is 10.2. The highest BCUT2D eigenvalue weighted by atomic mass is 32.2. The van der Waals surface area contributed by atoms with Crippen molar-refractivity contribution >= 4 is 22.0 Å². The summed E-state index contributed by atoms with van der Waals surface area (Å²) in [4.78, 5) is 14.7. The van der Waals surface area contributed by atoms with Gasteiger partial charge in [-0.1, -0.05) is 30.3 Å². The Kier molecular flexibility index (Phi) is 7.12. The lowest BCUT2D eigenvalue weighted by Crippen LogP contribution is -2.41. The topological polar surface area (TPSA) is 109 Å².